The summed E-state index contributed by atoms with van der Waals surface area (Å²) < 4.78 is 14.7. The molecule has 0 unspecified atom stereocenters. The van der Waals surface area contributed by atoms with Crippen molar-refractivity contribution >= 4 is 62.2 Å². The molecule has 1 amide bonds. The number of ketones is 1. The molecule has 5 nitrogen and oxygen atoms in total. The lowest BCUT2D eigenvalue weighted by Crippen LogP contribution is -2.12. The number of fused-ring (bicyclic) bond motifs is 1. The minimum absolute atomic E-state index is 0.00904. The number of carbonyl (C=O) groups is 2. The van der Waals surface area contributed by atoms with Crippen LogP contribution < -0.4 is 5.73 Å². The Morgan fingerprint density at radius 3 is 2.73 bits per heavy atom. The first-order valence-corrected chi connectivity index (χ1v) is 8.21. The van der Waals surface area contributed by atoms with Gasteiger partial charge in [-0.05, 0) is 22.0 Å². The highest BCUT2D eigenvalue weighted by Crippen LogP contribution is 2.31. The summed E-state index contributed by atoms with van der Waals surface area (Å²) in [6.45, 7) is 0. The van der Waals surface area contributed by atoms with E-state index in [0.29, 0.717) is 20.3 Å². The molecule has 3 rings (SSSR count). The third kappa shape index (κ3) is 2.44. The quantitative estimate of drug-likeness (QED) is 0.680. The lowest BCUT2D eigenvalue weighted by atomic mass is 10.1. The van der Waals surface area contributed by atoms with Crippen LogP contribution in [0.15, 0.2) is 34.2 Å². The number of halogens is 2. The maximum atomic E-state index is 13.0. The molecule has 2 N–H and O–H groups in total. The van der Waals surface area contributed by atoms with Gasteiger partial charge < -0.3 is 5.73 Å². The van der Waals surface area contributed by atoms with E-state index in [0.717, 1.165) is 11.3 Å². The summed E-state index contributed by atoms with van der Waals surface area (Å²) in [6.07, 6.45) is 1.41. The second kappa shape index (κ2) is 5.82. The molecule has 22 heavy (non-hydrogen) atoms. The van der Waals surface area contributed by atoms with E-state index in [2.05, 4.69) is 20.9 Å². The SMILES string of the molecule is NC(=O)c1nc(C(=O)c2cn(SF)c3ccccc23)sc1Br. The third-order valence-electron chi connectivity index (χ3n) is 3.01. The molecule has 0 aliphatic rings. The van der Waals surface area contributed by atoms with Gasteiger partial charge in [-0.2, -0.15) is 0 Å². The summed E-state index contributed by atoms with van der Waals surface area (Å²) >= 11 is 4.19. The van der Waals surface area contributed by atoms with Gasteiger partial charge in [0, 0.05) is 11.6 Å². The highest BCUT2D eigenvalue weighted by Gasteiger charge is 2.23. The van der Waals surface area contributed by atoms with Gasteiger partial charge in [0.1, 0.15) is 3.79 Å². The molecule has 0 saturated carbocycles. The predicted octanol–water partition coefficient (Wildman–Crippen LogP) is 3.57. The van der Waals surface area contributed by atoms with Crippen molar-refractivity contribution in [3.05, 3.63) is 50.5 Å². The predicted molar refractivity (Wildman–Crippen MR) is 87.8 cm³/mol. The van der Waals surface area contributed by atoms with Gasteiger partial charge in [-0.15, -0.1) is 15.2 Å². The summed E-state index contributed by atoms with van der Waals surface area (Å²) in [4.78, 5) is 27.8. The monoisotopic (exact) mass is 399 g/mol. The molecule has 9 heteroatoms. The van der Waals surface area contributed by atoms with Crippen molar-refractivity contribution in [3.63, 3.8) is 0 Å². The number of nitrogens with zero attached hydrogens (tertiary/aromatic N) is 2. The first-order valence-electron chi connectivity index (χ1n) is 5.93. The van der Waals surface area contributed by atoms with Gasteiger partial charge in [-0.25, -0.2) is 4.98 Å². The topological polar surface area (TPSA) is 78.0 Å². The lowest BCUT2D eigenvalue weighted by molar-refractivity contribution is 0.0995. The number of nitrogens with two attached hydrogens (primary N) is 1. The maximum Gasteiger partial charge on any atom is 0.269 e. The number of primary amides is 1. The van der Waals surface area contributed by atoms with Crippen molar-refractivity contribution in [2.45, 2.75) is 0 Å². The molecule has 112 valence electrons. The van der Waals surface area contributed by atoms with Crippen LogP contribution in [0.25, 0.3) is 10.9 Å². The zero-order chi connectivity index (χ0) is 15.9. The Morgan fingerprint density at radius 1 is 1.36 bits per heavy atom. The number of rotatable bonds is 4. The number of para-hydroxylation sites is 1. The van der Waals surface area contributed by atoms with Gasteiger partial charge in [0.15, 0.2) is 23.0 Å². The fourth-order valence-electron chi connectivity index (χ4n) is 2.05. The number of thiazole rings is 1. The van der Waals surface area contributed by atoms with E-state index in [-0.39, 0.29) is 28.8 Å². The van der Waals surface area contributed by atoms with E-state index in [4.69, 9.17) is 5.73 Å². The summed E-state index contributed by atoms with van der Waals surface area (Å²) in [5.41, 5.74) is 6.11. The fourth-order valence-corrected chi connectivity index (χ4v) is 3.93. The van der Waals surface area contributed by atoms with Gasteiger partial charge in [0.2, 0.25) is 5.78 Å². The number of hydrogen-bond acceptors (Lipinski definition) is 5. The van der Waals surface area contributed by atoms with Crippen molar-refractivity contribution < 1.29 is 13.5 Å². The molecular formula is C13H7BrFN3O2S2. The van der Waals surface area contributed by atoms with Crippen molar-refractivity contribution in [2.75, 3.05) is 0 Å². The Balaban J connectivity index is 2.13. The van der Waals surface area contributed by atoms with E-state index in [1.165, 1.54) is 10.2 Å². The molecule has 0 fully saturated rings. The summed E-state index contributed by atoms with van der Waals surface area (Å²) in [5, 5.41) is 0.733. The van der Waals surface area contributed by atoms with Crippen LogP contribution in [-0.4, -0.2) is 20.6 Å². The van der Waals surface area contributed by atoms with Crippen LogP contribution in [0.2, 0.25) is 0 Å². The second-order valence-electron chi connectivity index (χ2n) is 4.29. The average Bonchev–Trinajstić information content (AvgIpc) is 3.07. The highest BCUT2D eigenvalue weighted by molar-refractivity contribution is 9.11. The van der Waals surface area contributed by atoms with Crippen molar-refractivity contribution in [1.82, 2.24) is 8.96 Å². The van der Waals surface area contributed by atoms with E-state index in [1.807, 2.05) is 0 Å². The molecule has 0 aliphatic carbocycles. The Hall–Kier alpha value is -1.71. The van der Waals surface area contributed by atoms with Crippen LogP contribution >= 0.6 is 39.6 Å². The van der Waals surface area contributed by atoms with Crippen LogP contribution in [0, 0.1) is 0 Å². The van der Waals surface area contributed by atoms with Gasteiger partial charge in [0.25, 0.3) is 5.91 Å². The number of amides is 1. The van der Waals surface area contributed by atoms with E-state index in [1.54, 1.807) is 24.3 Å². The van der Waals surface area contributed by atoms with E-state index < -0.39 is 5.91 Å². The first kappa shape index (κ1) is 15.2. The van der Waals surface area contributed by atoms with Gasteiger partial charge in [-0.1, -0.05) is 18.2 Å². The molecule has 0 atom stereocenters. The molecular weight excluding hydrogens is 393 g/mol. The molecule has 0 radical (unpaired) electrons. The Bertz CT molecular complexity index is 906. The fraction of sp³-hybridized carbons (Fsp3) is 0. The molecule has 2 aromatic heterocycles. The van der Waals surface area contributed by atoms with Crippen molar-refractivity contribution in [3.8, 4) is 0 Å². The van der Waals surface area contributed by atoms with Crippen molar-refractivity contribution in [1.29, 1.82) is 0 Å². The van der Waals surface area contributed by atoms with E-state index >= 15 is 0 Å². The normalized spacial score (nSPS) is 11.0. The molecule has 0 spiro atoms. The minimum Gasteiger partial charge on any atom is -0.364 e. The zero-order valence-electron chi connectivity index (χ0n) is 10.7. The Labute approximate surface area is 140 Å². The van der Waals surface area contributed by atoms with Crippen LogP contribution in [0.3, 0.4) is 0 Å². The molecule has 0 bridgehead atoms. The minimum atomic E-state index is -0.719. The average molecular weight is 400 g/mol. The molecule has 0 saturated heterocycles. The smallest absolute Gasteiger partial charge is 0.269 e. The summed E-state index contributed by atoms with van der Waals surface area (Å²) in [6, 6.07) is 6.96. The van der Waals surface area contributed by atoms with Crippen LogP contribution in [0.1, 0.15) is 25.9 Å². The van der Waals surface area contributed by atoms with E-state index in [9.17, 15) is 13.5 Å². The molecule has 3 aromatic rings. The van der Waals surface area contributed by atoms with Gasteiger partial charge >= 0.3 is 0 Å². The Morgan fingerprint density at radius 2 is 2.09 bits per heavy atom. The third-order valence-corrected chi connectivity index (χ3v) is 5.16. The van der Waals surface area contributed by atoms with Gasteiger partial charge in [0.05, 0.1) is 11.1 Å². The second-order valence-corrected chi connectivity index (χ2v) is 7.14. The maximum absolute atomic E-state index is 13.0. The number of benzene rings is 1. The van der Waals surface area contributed by atoms with Gasteiger partial charge in [-0.3, -0.25) is 13.6 Å². The largest absolute Gasteiger partial charge is 0.364 e. The molecule has 2 heterocycles. The number of carbonyl (C=O) groups excluding carboxylic acids is 2. The molecule has 0 aliphatic heterocycles. The highest BCUT2D eigenvalue weighted by atomic mass is 79.9. The Kier molecular flexibility index (Phi) is 4.02. The standard InChI is InChI=1S/C13H7BrFN3O2S2/c14-11-9(12(16)20)17-13(21-11)10(19)7-5-18(22-15)8-4-2-1-3-6(7)8/h1-5H,(H2,16,20). The van der Waals surface area contributed by atoms with Crippen LogP contribution in [0.4, 0.5) is 3.89 Å². The van der Waals surface area contributed by atoms with Crippen molar-refractivity contribution in [2.24, 2.45) is 5.73 Å². The van der Waals surface area contributed by atoms with Crippen LogP contribution in [0.5, 0.6) is 0 Å². The summed E-state index contributed by atoms with van der Waals surface area (Å²) in [5.74, 6) is -1.11. The lowest BCUT2D eigenvalue weighted by Gasteiger charge is -1.94. The number of hydrogen-bond donors (Lipinski definition) is 1. The van der Waals surface area contributed by atoms with Crippen LogP contribution in [-0.2, 0) is 0 Å². The summed E-state index contributed by atoms with van der Waals surface area (Å²) in [7, 11) is 0. The zero-order valence-corrected chi connectivity index (χ0v) is 14.0. The number of aromatic nitrogens is 2. The first-order chi connectivity index (χ1) is 10.5. The molecule has 1 aromatic carbocycles.